The first-order valence-electron chi connectivity index (χ1n) is 9.34. The van der Waals surface area contributed by atoms with E-state index >= 15 is 0 Å². The van der Waals surface area contributed by atoms with Gasteiger partial charge in [0, 0.05) is 11.1 Å². The molecule has 0 aromatic heterocycles. The van der Waals surface area contributed by atoms with Crippen LogP contribution >= 0.6 is 0 Å². The van der Waals surface area contributed by atoms with Crippen molar-refractivity contribution in [3.63, 3.8) is 0 Å². The van der Waals surface area contributed by atoms with Gasteiger partial charge in [0.25, 0.3) is 11.8 Å². The smallest absolute Gasteiger partial charge is 0.290 e. The number of carbonyl (C=O) groups is 2. The SMILES string of the molecule is NNC(=O)c1ccc(C(=Cc2cccc(C(F)(F)F)c2)c2ccc(C(=O)NN)cc2)cc1. The Hall–Kier alpha value is -3.95. The van der Waals surface area contributed by atoms with Crippen molar-refractivity contribution >= 4 is 23.5 Å². The molecule has 0 radical (unpaired) electrons. The minimum atomic E-state index is -4.47. The Kier molecular flexibility index (Phi) is 6.72. The molecule has 0 saturated heterocycles. The third kappa shape index (κ3) is 5.20. The fraction of sp³-hybridized carbons (Fsp3) is 0.0435. The van der Waals surface area contributed by atoms with E-state index in [9.17, 15) is 22.8 Å². The zero-order chi connectivity index (χ0) is 23.3. The number of hydrogen-bond acceptors (Lipinski definition) is 4. The first-order valence-corrected chi connectivity index (χ1v) is 9.34. The van der Waals surface area contributed by atoms with Gasteiger partial charge < -0.3 is 0 Å². The lowest BCUT2D eigenvalue weighted by atomic mass is 9.93. The molecule has 0 fully saturated rings. The van der Waals surface area contributed by atoms with Crippen molar-refractivity contribution < 1.29 is 22.8 Å². The molecule has 0 unspecified atom stereocenters. The van der Waals surface area contributed by atoms with Crippen molar-refractivity contribution in [3.8, 4) is 0 Å². The van der Waals surface area contributed by atoms with E-state index in [-0.39, 0.29) is 0 Å². The van der Waals surface area contributed by atoms with Crippen LogP contribution in [0.1, 0.15) is 43.0 Å². The van der Waals surface area contributed by atoms with Crippen LogP contribution in [-0.2, 0) is 6.18 Å². The molecule has 6 nitrogen and oxygen atoms in total. The maximum absolute atomic E-state index is 13.1. The second kappa shape index (κ2) is 9.46. The quantitative estimate of drug-likeness (QED) is 0.211. The van der Waals surface area contributed by atoms with Gasteiger partial charge in [-0.25, -0.2) is 11.7 Å². The normalized spacial score (nSPS) is 10.9. The highest BCUT2D eigenvalue weighted by atomic mass is 19.4. The van der Waals surface area contributed by atoms with E-state index in [2.05, 4.69) is 0 Å². The topological polar surface area (TPSA) is 110 Å². The number of nitrogens with one attached hydrogen (secondary N) is 2. The molecule has 0 heterocycles. The lowest BCUT2D eigenvalue weighted by Crippen LogP contribution is -2.29. The molecule has 3 rings (SSSR count). The summed E-state index contributed by atoms with van der Waals surface area (Å²) in [6.45, 7) is 0. The molecule has 0 atom stereocenters. The van der Waals surface area contributed by atoms with Crippen molar-refractivity contribution in [1.29, 1.82) is 0 Å². The van der Waals surface area contributed by atoms with Crippen LogP contribution in [0.15, 0.2) is 72.8 Å². The van der Waals surface area contributed by atoms with Crippen LogP contribution in [0.4, 0.5) is 13.2 Å². The molecule has 0 aliphatic rings. The number of carbonyl (C=O) groups excluding carboxylic acids is 2. The Morgan fingerprint density at radius 3 is 1.56 bits per heavy atom. The molecule has 3 aromatic rings. The van der Waals surface area contributed by atoms with Gasteiger partial charge in [-0.15, -0.1) is 0 Å². The number of alkyl halides is 3. The van der Waals surface area contributed by atoms with Gasteiger partial charge in [-0.3, -0.25) is 20.4 Å². The fourth-order valence-electron chi connectivity index (χ4n) is 3.07. The summed E-state index contributed by atoms with van der Waals surface area (Å²) >= 11 is 0. The van der Waals surface area contributed by atoms with E-state index < -0.39 is 23.6 Å². The van der Waals surface area contributed by atoms with E-state index in [0.29, 0.717) is 33.4 Å². The third-order valence-electron chi connectivity index (χ3n) is 4.70. The Balaban J connectivity index is 2.10. The van der Waals surface area contributed by atoms with E-state index in [0.717, 1.165) is 12.1 Å². The highest BCUT2D eigenvalue weighted by Gasteiger charge is 2.30. The summed E-state index contributed by atoms with van der Waals surface area (Å²) in [6.07, 6.45) is -2.87. The van der Waals surface area contributed by atoms with Gasteiger partial charge >= 0.3 is 6.18 Å². The lowest BCUT2D eigenvalue weighted by Gasteiger charge is -2.12. The summed E-state index contributed by atoms with van der Waals surface area (Å²) in [4.78, 5) is 23.4. The van der Waals surface area contributed by atoms with Crippen LogP contribution in [0.3, 0.4) is 0 Å². The summed E-state index contributed by atoms with van der Waals surface area (Å²) in [5.41, 5.74) is 6.16. The maximum atomic E-state index is 13.1. The average molecular weight is 440 g/mol. The van der Waals surface area contributed by atoms with E-state index in [1.807, 2.05) is 10.9 Å². The maximum Gasteiger partial charge on any atom is 0.416 e. The van der Waals surface area contributed by atoms with Crippen LogP contribution in [0.25, 0.3) is 11.6 Å². The number of halogens is 3. The lowest BCUT2D eigenvalue weighted by molar-refractivity contribution is -0.137. The Morgan fingerprint density at radius 1 is 0.719 bits per heavy atom. The first-order chi connectivity index (χ1) is 15.2. The van der Waals surface area contributed by atoms with Crippen LogP contribution in [0, 0.1) is 0 Å². The van der Waals surface area contributed by atoms with Crippen LogP contribution in [-0.4, -0.2) is 11.8 Å². The molecule has 0 aliphatic carbocycles. The molecule has 0 saturated carbocycles. The molecule has 32 heavy (non-hydrogen) atoms. The van der Waals surface area contributed by atoms with Gasteiger partial charge in [-0.1, -0.05) is 36.4 Å². The Morgan fingerprint density at radius 2 is 1.16 bits per heavy atom. The number of nitrogen functional groups attached to an aromatic ring is 2. The van der Waals surface area contributed by atoms with Gasteiger partial charge in [0.2, 0.25) is 0 Å². The summed E-state index contributed by atoms with van der Waals surface area (Å²) in [7, 11) is 0. The third-order valence-corrected chi connectivity index (χ3v) is 4.70. The molecule has 0 bridgehead atoms. The molecule has 6 N–H and O–H groups in total. The van der Waals surface area contributed by atoms with Crippen LogP contribution in [0.2, 0.25) is 0 Å². The second-order valence-corrected chi connectivity index (χ2v) is 6.78. The molecule has 0 spiro atoms. The second-order valence-electron chi connectivity index (χ2n) is 6.78. The molecule has 164 valence electrons. The van der Waals surface area contributed by atoms with Crippen LogP contribution in [0.5, 0.6) is 0 Å². The zero-order valence-electron chi connectivity index (χ0n) is 16.6. The molecular formula is C23H19F3N4O2. The van der Waals surface area contributed by atoms with Gasteiger partial charge in [-0.05, 0) is 64.7 Å². The van der Waals surface area contributed by atoms with Gasteiger partial charge in [0.1, 0.15) is 0 Å². The monoisotopic (exact) mass is 440 g/mol. The Labute approximate surface area is 181 Å². The summed E-state index contributed by atoms with van der Waals surface area (Å²) in [5, 5.41) is 0. The molecule has 0 aliphatic heterocycles. The number of rotatable bonds is 5. The van der Waals surface area contributed by atoms with Crippen molar-refractivity contribution in [2.45, 2.75) is 6.18 Å². The van der Waals surface area contributed by atoms with Gasteiger partial charge in [0.15, 0.2) is 0 Å². The molecular weight excluding hydrogens is 421 g/mol. The van der Waals surface area contributed by atoms with Crippen molar-refractivity contribution in [3.05, 3.63) is 106 Å². The van der Waals surface area contributed by atoms with Crippen molar-refractivity contribution in [1.82, 2.24) is 10.9 Å². The van der Waals surface area contributed by atoms with Crippen LogP contribution < -0.4 is 22.5 Å². The first kappa shape index (κ1) is 22.7. The predicted octanol–water partition coefficient (Wildman–Crippen LogP) is 3.50. The average Bonchev–Trinajstić information content (AvgIpc) is 2.81. The van der Waals surface area contributed by atoms with Gasteiger partial charge in [-0.2, -0.15) is 13.2 Å². The van der Waals surface area contributed by atoms with Gasteiger partial charge in [0.05, 0.1) is 5.56 Å². The molecule has 2 amide bonds. The van der Waals surface area contributed by atoms with Crippen molar-refractivity contribution in [2.24, 2.45) is 11.7 Å². The van der Waals surface area contributed by atoms with E-state index in [1.54, 1.807) is 60.7 Å². The highest BCUT2D eigenvalue weighted by Crippen LogP contribution is 2.32. The number of benzene rings is 3. The summed E-state index contributed by atoms with van der Waals surface area (Å²) in [6, 6.07) is 17.8. The number of hydrogen-bond donors (Lipinski definition) is 4. The van der Waals surface area contributed by atoms with E-state index in [1.165, 1.54) is 6.07 Å². The minimum absolute atomic E-state index is 0.324. The standard InChI is InChI=1S/C23H19F3N4O2/c24-23(25,26)19-3-1-2-14(12-19)13-20(15-4-8-17(9-5-15)21(31)29-27)16-6-10-18(11-7-16)22(32)30-28/h1-13H,27-28H2,(H,29,31)(H,30,32). The molecule has 9 heteroatoms. The fourth-order valence-corrected chi connectivity index (χ4v) is 3.07. The number of amides is 2. The largest absolute Gasteiger partial charge is 0.416 e. The zero-order valence-corrected chi connectivity index (χ0v) is 16.6. The number of hydrazine groups is 2. The Bertz CT molecular complexity index is 1090. The number of nitrogens with two attached hydrogens (primary N) is 2. The molecule has 3 aromatic carbocycles. The predicted molar refractivity (Wildman–Crippen MR) is 115 cm³/mol. The van der Waals surface area contributed by atoms with E-state index in [4.69, 9.17) is 11.7 Å². The highest BCUT2D eigenvalue weighted by molar-refractivity contribution is 5.97. The summed E-state index contributed by atoms with van der Waals surface area (Å²) in [5.74, 6) is 9.35. The minimum Gasteiger partial charge on any atom is -0.290 e. The van der Waals surface area contributed by atoms with Crippen molar-refractivity contribution in [2.75, 3.05) is 0 Å². The summed E-state index contributed by atoms with van der Waals surface area (Å²) < 4.78 is 39.4.